The van der Waals surface area contributed by atoms with Crippen molar-refractivity contribution in [2.45, 2.75) is 57.1 Å². The van der Waals surface area contributed by atoms with E-state index in [2.05, 4.69) is 27.0 Å². The number of halogens is 1. The number of amides is 1. The van der Waals surface area contributed by atoms with Crippen LogP contribution >= 0.6 is 0 Å². The Bertz CT molecular complexity index is 1290. The van der Waals surface area contributed by atoms with Crippen molar-refractivity contribution in [3.63, 3.8) is 0 Å². The van der Waals surface area contributed by atoms with Gasteiger partial charge in [0.25, 0.3) is 5.91 Å². The highest BCUT2D eigenvalue weighted by Crippen LogP contribution is 2.31. The first-order valence-corrected chi connectivity index (χ1v) is 12.7. The van der Waals surface area contributed by atoms with Crippen molar-refractivity contribution in [2.24, 2.45) is 0 Å². The molecule has 0 radical (unpaired) electrons. The van der Waals surface area contributed by atoms with Crippen LogP contribution in [0.2, 0.25) is 0 Å². The predicted molar refractivity (Wildman–Crippen MR) is 139 cm³/mol. The molecule has 37 heavy (non-hydrogen) atoms. The Morgan fingerprint density at radius 2 is 1.86 bits per heavy atom. The van der Waals surface area contributed by atoms with E-state index in [-0.39, 0.29) is 36.0 Å². The van der Waals surface area contributed by atoms with Crippen LogP contribution in [0.25, 0.3) is 0 Å². The van der Waals surface area contributed by atoms with Gasteiger partial charge in [-0.25, -0.2) is 9.37 Å². The smallest absolute Gasteiger partial charge is 0.251 e. The number of benzene rings is 2. The molecular formula is C29H31FN4O3. The molecular weight excluding hydrogens is 471 g/mol. The number of rotatable bonds is 4. The number of aromatic nitrogens is 2. The standard InChI is InChI=1S/C29H31FN4O3/c1-19-16-34(17-20(2)37-19)26-11-7-23(15-22(26)6-3-21-4-8-24(30)9-5-21)29(36)32-25-10-12-27(28(25)35)33-14-13-31-18-33/h4-5,7-9,11,13-15,18-20,25,27-28,35H,10,12,16-17H2,1-2H3,(H,32,36). The summed E-state index contributed by atoms with van der Waals surface area (Å²) in [5, 5.41) is 13.8. The third-order valence-corrected chi connectivity index (χ3v) is 7.01. The molecule has 1 aliphatic heterocycles. The number of morpholine rings is 1. The van der Waals surface area contributed by atoms with Crippen molar-refractivity contribution in [1.82, 2.24) is 14.9 Å². The van der Waals surface area contributed by atoms with Crippen molar-refractivity contribution < 1.29 is 19.0 Å². The molecule has 2 aromatic carbocycles. The summed E-state index contributed by atoms with van der Waals surface area (Å²) in [4.78, 5) is 19.5. The van der Waals surface area contributed by atoms with Gasteiger partial charge in [-0.1, -0.05) is 11.8 Å². The summed E-state index contributed by atoms with van der Waals surface area (Å²) >= 11 is 0. The number of imidazole rings is 1. The fourth-order valence-corrected chi connectivity index (χ4v) is 5.26. The minimum atomic E-state index is -0.702. The summed E-state index contributed by atoms with van der Waals surface area (Å²) in [6.07, 6.45) is 6.06. The van der Waals surface area contributed by atoms with E-state index >= 15 is 0 Å². The summed E-state index contributed by atoms with van der Waals surface area (Å²) in [5.74, 6) is 5.74. The van der Waals surface area contributed by atoms with Crippen molar-refractivity contribution in [1.29, 1.82) is 0 Å². The van der Waals surface area contributed by atoms with Gasteiger partial charge in [0.1, 0.15) is 5.82 Å². The third kappa shape index (κ3) is 5.68. The SMILES string of the molecule is CC1CN(c2ccc(C(=O)NC3CCC(n4ccnc4)C3O)cc2C#Cc2ccc(F)cc2)CC(C)O1. The van der Waals surface area contributed by atoms with E-state index in [1.807, 2.05) is 30.7 Å². The Morgan fingerprint density at radius 1 is 1.11 bits per heavy atom. The van der Waals surface area contributed by atoms with Gasteiger partial charge in [0, 0.05) is 42.2 Å². The summed E-state index contributed by atoms with van der Waals surface area (Å²) in [5.41, 5.74) is 2.79. The van der Waals surface area contributed by atoms with Crippen LogP contribution in [0.3, 0.4) is 0 Å². The summed E-state index contributed by atoms with van der Waals surface area (Å²) in [6.45, 7) is 5.51. The Kier molecular flexibility index (Phi) is 7.26. The molecule has 192 valence electrons. The summed E-state index contributed by atoms with van der Waals surface area (Å²) in [7, 11) is 0. The number of hydrogen-bond donors (Lipinski definition) is 2. The number of anilines is 1. The maximum absolute atomic E-state index is 13.3. The lowest BCUT2D eigenvalue weighted by molar-refractivity contribution is -0.00523. The number of nitrogens with zero attached hydrogens (tertiary/aromatic N) is 3. The highest BCUT2D eigenvalue weighted by Gasteiger charge is 2.36. The van der Waals surface area contributed by atoms with Crippen molar-refractivity contribution >= 4 is 11.6 Å². The minimum absolute atomic E-state index is 0.0666. The van der Waals surface area contributed by atoms with Crippen molar-refractivity contribution in [3.8, 4) is 11.8 Å². The maximum atomic E-state index is 13.3. The van der Waals surface area contributed by atoms with Crippen LogP contribution in [-0.4, -0.2) is 58.0 Å². The van der Waals surface area contributed by atoms with Gasteiger partial charge < -0.3 is 24.6 Å². The third-order valence-electron chi connectivity index (χ3n) is 7.01. The van der Waals surface area contributed by atoms with E-state index in [1.54, 1.807) is 36.8 Å². The van der Waals surface area contributed by atoms with E-state index in [4.69, 9.17) is 4.74 Å². The molecule has 5 atom stereocenters. The molecule has 2 fully saturated rings. The molecule has 0 bridgehead atoms. The number of carbonyl (C=O) groups excluding carboxylic acids is 1. The predicted octanol–water partition coefficient (Wildman–Crippen LogP) is 3.53. The molecule has 5 rings (SSSR count). The van der Waals surface area contributed by atoms with Gasteiger partial charge in [-0.05, 0) is 69.2 Å². The molecule has 7 nitrogen and oxygen atoms in total. The lowest BCUT2D eigenvalue weighted by Crippen LogP contribution is -2.45. The fourth-order valence-electron chi connectivity index (χ4n) is 5.26. The Morgan fingerprint density at radius 3 is 2.57 bits per heavy atom. The van der Waals surface area contributed by atoms with E-state index < -0.39 is 6.10 Å². The first-order valence-electron chi connectivity index (χ1n) is 12.7. The molecule has 1 aromatic heterocycles. The number of aliphatic hydroxyl groups excluding tert-OH is 1. The second kappa shape index (κ2) is 10.8. The molecule has 5 unspecified atom stereocenters. The minimum Gasteiger partial charge on any atom is -0.389 e. The monoisotopic (exact) mass is 502 g/mol. The van der Waals surface area contributed by atoms with Crippen LogP contribution in [0.15, 0.2) is 61.2 Å². The fraction of sp³-hybridized carbons (Fsp3) is 0.379. The molecule has 3 aromatic rings. The van der Waals surface area contributed by atoms with E-state index in [9.17, 15) is 14.3 Å². The van der Waals surface area contributed by atoms with Gasteiger partial charge in [0.2, 0.25) is 0 Å². The largest absolute Gasteiger partial charge is 0.389 e. The quantitative estimate of drug-likeness (QED) is 0.534. The van der Waals surface area contributed by atoms with Crippen LogP contribution < -0.4 is 10.2 Å². The highest BCUT2D eigenvalue weighted by atomic mass is 19.1. The Hall–Kier alpha value is -3.67. The zero-order valence-corrected chi connectivity index (χ0v) is 21.0. The Balaban J connectivity index is 1.40. The van der Waals surface area contributed by atoms with Crippen LogP contribution in [0.5, 0.6) is 0 Å². The zero-order valence-electron chi connectivity index (χ0n) is 21.0. The molecule has 2 N–H and O–H groups in total. The van der Waals surface area contributed by atoms with Crippen LogP contribution in [0.1, 0.15) is 54.2 Å². The normalized spacial score (nSPS) is 25.4. The average Bonchev–Trinajstić information content (AvgIpc) is 3.53. The topological polar surface area (TPSA) is 79.6 Å². The second-order valence-electron chi connectivity index (χ2n) is 9.88. The zero-order chi connectivity index (χ0) is 25.9. The van der Waals surface area contributed by atoms with Crippen LogP contribution in [0.4, 0.5) is 10.1 Å². The summed E-state index contributed by atoms with van der Waals surface area (Å²) < 4.78 is 21.1. The van der Waals surface area contributed by atoms with E-state index in [0.29, 0.717) is 36.2 Å². The van der Waals surface area contributed by atoms with E-state index in [0.717, 1.165) is 12.1 Å². The molecule has 1 amide bonds. The van der Waals surface area contributed by atoms with Gasteiger partial charge in [-0.15, -0.1) is 0 Å². The van der Waals surface area contributed by atoms with Gasteiger partial charge >= 0.3 is 0 Å². The lowest BCUT2D eigenvalue weighted by atomic mass is 10.0. The van der Waals surface area contributed by atoms with Crippen LogP contribution in [0, 0.1) is 17.7 Å². The lowest BCUT2D eigenvalue weighted by Gasteiger charge is -2.37. The average molecular weight is 503 g/mol. The highest BCUT2D eigenvalue weighted by molar-refractivity contribution is 5.95. The number of carbonyl (C=O) groups is 1. The molecule has 1 aliphatic carbocycles. The summed E-state index contributed by atoms with van der Waals surface area (Å²) in [6, 6.07) is 11.1. The Labute approximate surface area is 216 Å². The molecule has 1 saturated heterocycles. The van der Waals surface area contributed by atoms with Gasteiger partial charge in [-0.3, -0.25) is 4.79 Å². The molecule has 1 saturated carbocycles. The first-order chi connectivity index (χ1) is 17.9. The van der Waals surface area contributed by atoms with Crippen molar-refractivity contribution in [2.75, 3.05) is 18.0 Å². The number of hydrogen-bond acceptors (Lipinski definition) is 5. The van der Waals surface area contributed by atoms with Gasteiger partial charge in [0.05, 0.1) is 42.4 Å². The molecule has 0 spiro atoms. The van der Waals surface area contributed by atoms with Gasteiger partial charge in [-0.2, -0.15) is 0 Å². The molecule has 2 aliphatic rings. The molecule has 2 heterocycles. The number of nitrogens with one attached hydrogen (secondary N) is 1. The van der Waals surface area contributed by atoms with E-state index in [1.165, 1.54) is 12.1 Å². The number of aliphatic hydroxyl groups is 1. The second-order valence-corrected chi connectivity index (χ2v) is 9.88. The van der Waals surface area contributed by atoms with Crippen LogP contribution in [-0.2, 0) is 4.74 Å². The van der Waals surface area contributed by atoms with Gasteiger partial charge in [0.15, 0.2) is 0 Å². The van der Waals surface area contributed by atoms with Crippen molar-refractivity contribution in [3.05, 3.63) is 83.7 Å². The molecule has 8 heteroatoms. The number of ether oxygens (including phenoxy) is 1. The first kappa shape index (κ1) is 25.0. The maximum Gasteiger partial charge on any atom is 0.251 e.